The van der Waals surface area contributed by atoms with E-state index in [9.17, 15) is 0 Å². The third kappa shape index (κ3) is 4.07. The maximum absolute atomic E-state index is 5.54. The summed E-state index contributed by atoms with van der Waals surface area (Å²) in [4.78, 5) is 4.33. The quantitative estimate of drug-likeness (QED) is 0.780. The van der Waals surface area contributed by atoms with Gasteiger partial charge in [-0.2, -0.15) is 0 Å². The van der Waals surface area contributed by atoms with Gasteiger partial charge in [0, 0.05) is 24.5 Å². The number of nitrogens with zero attached hydrogens (tertiary/aromatic N) is 1. The minimum Gasteiger partial charge on any atom is -0.494 e. The standard InChI is InChI=1S/C17H22N2O/c1-3-8-18-11-14-9-16(13-19-12-14)15-6-5-7-17(10-15)20-4-2/h5-7,9-10,12-13,18H,3-4,8,11H2,1-2H3. The van der Waals surface area contributed by atoms with E-state index in [-0.39, 0.29) is 0 Å². The molecular formula is C17H22N2O. The molecule has 0 aliphatic rings. The first kappa shape index (κ1) is 14.5. The number of nitrogens with one attached hydrogen (secondary N) is 1. The zero-order valence-corrected chi connectivity index (χ0v) is 12.2. The van der Waals surface area contributed by atoms with E-state index in [2.05, 4.69) is 35.4 Å². The van der Waals surface area contributed by atoms with Crippen molar-refractivity contribution in [1.82, 2.24) is 10.3 Å². The fourth-order valence-electron chi connectivity index (χ4n) is 2.08. The van der Waals surface area contributed by atoms with Crippen molar-refractivity contribution in [3.8, 4) is 16.9 Å². The maximum Gasteiger partial charge on any atom is 0.119 e. The van der Waals surface area contributed by atoms with Crippen LogP contribution in [0.5, 0.6) is 5.75 Å². The van der Waals surface area contributed by atoms with Crippen LogP contribution in [0.25, 0.3) is 11.1 Å². The van der Waals surface area contributed by atoms with Gasteiger partial charge in [0.2, 0.25) is 0 Å². The molecule has 2 rings (SSSR count). The molecule has 0 fully saturated rings. The Labute approximate surface area is 121 Å². The van der Waals surface area contributed by atoms with Crippen molar-refractivity contribution >= 4 is 0 Å². The third-order valence-corrected chi connectivity index (χ3v) is 3.03. The lowest BCUT2D eigenvalue weighted by molar-refractivity contribution is 0.340. The highest BCUT2D eigenvalue weighted by Crippen LogP contribution is 2.24. The Bertz CT molecular complexity index is 540. The number of pyridine rings is 1. The van der Waals surface area contributed by atoms with E-state index in [1.165, 1.54) is 5.56 Å². The largest absolute Gasteiger partial charge is 0.494 e. The third-order valence-electron chi connectivity index (χ3n) is 3.03. The van der Waals surface area contributed by atoms with Gasteiger partial charge < -0.3 is 10.1 Å². The van der Waals surface area contributed by atoms with Crippen molar-refractivity contribution in [2.24, 2.45) is 0 Å². The summed E-state index contributed by atoms with van der Waals surface area (Å²) in [6.45, 7) is 6.74. The maximum atomic E-state index is 5.54. The molecule has 0 aliphatic heterocycles. The van der Waals surface area contributed by atoms with Gasteiger partial charge in [0.25, 0.3) is 0 Å². The molecule has 0 bridgehead atoms. The summed E-state index contributed by atoms with van der Waals surface area (Å²) in [5, 5.41) is 3.40. The van der Waals surface area contributed by atoms with E-state index in [1.807, 2.05) is 31.5 Å². The van der Waals surface area contributed by atoms with Crippen molar-refractivity contribution < 1.29 is 4.74 Å². The molecule has 20 heavy (non-hydrogen) atoms. The van der Waals surface area contributed by atoms with Crippen molar-refractivity contribution in [2.75, 3.05) is 13.2 Å². The molecule has 3 nitrogen and oxygen atoms in total. The van der Waals surface area contributed by atoms with E-state index < -0.39 is 0 Å². The highest BCUT2D eigenvalue weighted by Gasteiger charge is 2.02. The van der Waals surface area contributed by atoms with Crippen LogP contribution in [0, 0.1) is 0 Å². The second kappa shape index (κ2) is 7.65. The molecule has 0 spiro atoms. The van der Waals surface area contributed by atoms with Crippen LogP contribution in [-0.2, 0) is 6.54 Å². The molecule has 3 heteroatoms. The molecule has 0 saturated heterocycles. The van der Waals surface area contributed by atoms with Crippen molar-refractivity contribution in [3.63, 3.8) is 0 Å². The summed E-state index contributed by atoms with van der Waals surface area (Å²) < 4.78 is 5.54. The summed E-state index contributed by atoms with van der Waals surface area (Å²) in [7, 11) is 0. The van der Waals surface area contributed by atoms with E-state index in [1.54, 1.807) is 0 Å². The number of hydrogen-bond donors (Lipinski definition) is 1. The predicted octanol–water partition coefficient (Wildman–Crippen LogP) is 3.65. The summed E-state index contributed by atoms with van der Waals surface area (Å²) in [6.07, 6.45) is 4.95. The number of aromatic nitrogens is 1. The lowest BCUT2D eigenvalue weighted by atomic mass is 10.1. The van der Waals surface area contributed by atoms with Crippen LogP contribution in [0.15, 0.2) is 42.7 Å². The van der Waals surface area contributed by atoms with E-state index in [0.29, 0.717) is 6.61 Å². The van der Waals surface area contributed by atoms with Crippen LogP contribution in [0.1, 0.15) is 25.8 Å². The molecule has 1 N–H and O–H groups in total. The van der Waals surface area contributed by atoms with Crippen LogP contribution in [-0.4, -0.2) is 18.1 Å². The molecule has 0 saturated carbocycles. The zero-order chi connectivity index (χ0) is 14.2. The number of rotatable bonds is 7. The first-order chi connectivity index (χ1) is 9.83. The van der Waals surface area contributed by atoms with E-state index in [4.69, 9.17) is 4.74 Å². The van der Waals surface area contributed by atoms with Gasteiger partial charge in [-0.15, -0.1) is 0 Å². The Balaban J connectivity index is 2.15. The fraction of sp³-hybridized carbons (Fsp3) is 0.353. The monoisotopic (exact) mass is 270 g/mol. The van der Waals surface area contributed by atoms with Crippen LogP contribution in [0.2, 0.25) is 0 Å². The average Bonchev–Trinajstić information content (AvgIpc) is 2.49. The van der Waals surface area contributed by atoms with Crippen LogP contribution in [0.3, 0.4) is 0 Å². The summed E-state index contributed by atoms with van der Waals surface area (Å²) in [6, 6.07) is 10.3. The first-order valence-corrected chi connectivity index (χ1v) is 7.21. The lowest BCUT2D eigenvalue weighted by Crippen LogP contribution is -2.13. The van der Waals surface area contributed by atoms with Crippen LogP contribution in [0.4, 0.5) is 0 Å². The summed E-state index contributed by atoms with van der Waals surface area (Å²) >= 11 is 0. The molecule has 1 aromatic carbocycles. The Morgan fingerprint density at radius 3 is 2.80 bits per heavy atom. The molecule has 0 amide bonds. The van der Waals surface area contributed by atoms with Gasteiger partial charge in [-0.3, -0.25) is 4.98 Å². The number of ether oxygens (including phenoxy) is 1. The molecule has 1 aromatic heterocycles. The van der Waals surface area contributed by atoms with Gasteiger partial charge >= 0.3 is 0 Å². The topological polar surface area (TPSA) is 34.2 Å². The fourth-order valence-corrected chi connectivity index (χ4v) is 2.08. The number of hydrogen-bond acceptors (Lipinski definition) is 3. The highest BCUT2D eigenvalue weighted by atomic mass is 16.5. The minimum absolute atomic E-state index is 0.683. The molecule has 2 aromatic rings. The van der Waals surface area contributed by atoms with E-state index in [0.717, 1.165) is 36.4 Å². The molecule has 106 valence electrons. The van der Waals surface area contributed by atoms with E-state index >= 15 is 0 Å². The molecule has 1 heterocycles. The average molecular weight is 270 g/mol. The Morgan fingerprint density at radius 1 is 1.10 bits per heavy atom. The molecule has 0 atom stereocenters. The van der Waals surface area contributed by atoms with Crippen molar-refractivity contribution in [3.05, 3.63) is 48.3 Å². The summed E-state index contributed by atoms with van der Waals surface area (Å²) in [5.74, 6) is 0.902. The Hall–Kier alpha value is -1.87. The number of benzene rings is 1. The second-order valence-corrected chi connectivity index (χ2v) is 4.72. The first-order valence-electron chi connectivity index (χ1n) is 7.21. The van der Waals surface area contributed by atoms with Crippen LogP contribution >= 0.6 is 0 Å². The zero-order valence-electron chi connectivity index (χ0n) is 12.2. The van der Waals surface area contributed by atoms with Gasteiger partial charge in [0.05, 0.1) is 6.61 Å². The molecule has 0 aliphatic carbocycles. The van der Waals surface area contributed by atoms with Crippen molar-refractivity contribution in [1.29, 1.82) is 0 Å². The summed E-state index contributed by atoms with van der Waals surface area (Å²) in [5.41, 5.74) is 3.47. The Morgan fingerprint density at radius 2 is 2.00 bits per heavy atom. The minimum atomic E-state index is 0.683. The molecule has 0 radical (unpaired) electrons. The smallest absolute Gasteiger partial charge is 0.119 e. The normalized spacial score (nSPS) is 10.5. The van der Waals surface area contributed by atoms with Gasteiger partial charge in [0.1, 0.15) is 5.75 Å². The lowest BCUT2D eigenvalue weighted by Gasteiger charge is -2.08. The van der Waals surface area contributed by atoms with Gasteiger partial charge in [-0.05, 0) is 49.2 Å². The van der Waals surface area contributed by atoms with Gasteiger partial charge in [0.15, 0.2) is 0 Å². The molecular weight excluding hydrogens is 248 g/mol. The Kier molecular flexibility index (Phi) is 5.56. The molecule has 0 unspecified atom stereocenters. The SMILES string of the molecule is CCCNCc1cncc(-c2cccc(OCC)c2)c1. The predicted molar refractivity (Wildman–Crippen MR) is 82.8 cm³/mol. The van der Waals surface area contributed by atoms with Gasteiger partial charge in [-0.1, -0.05) is 19.1 Å². The van der Waals surface area contributed by atoms with Crippen molar-refractivity contribution in [2.45, 2.75) is 26.8 Å². The van der Waals surface area contributed by atoms with Gasteiger partial charge in [-0.25, -0.2) is 0 Å². The second-order valence-electron chi connectivity index (χ2n) is 4.72. The highest BCUT2D eigenvalue weighted by molar-refractivity contribution is 5.64. The van der Waals surface area contributed by atoms with Crippen LogP contribution < -0.4 is 10.1 Å².